The zero-order chi connectivity index (χ0) is 11.9. The predicted molar refractivity (Wildman–Crippen MR) is 60.9 cm³/mol. The average molecular weight is 252 g/mol. The summed E-state index contributed by atoms with van der Waals surface area (Å²) in [6, 6.07) is 0. The first-order valence-electron chi connectivity index (χ1n) is 5.51. The van der Waals surface area contributed by atoms with Gasteiger partial charge in [-0.25, -0.2) is 13.1 Å². The molecular weight excluding hydrogens is 232 g/mol. The normalized spacial score (nSPS) is 22.2. The molecule has 1 aliphatic heterocycles. The van der Waals surface area contributed by atoms with E-state index in [9.17, 15) is 8.42 Å². The van der Waals surface area contributed by atoms with Crippen molar-refractivity contribution in [3.8, 4) is 0 Å². The molecule has 96 valence electrons. The lowest BCUT2D eigenvalue weighted by atomic mass is 10.3. The molecule has 0 spiro atoms. The van der Waals surface area contributed by atoms with Gasteiger partial charge in [0.05, 0.1) is 31.7 Å². The Balaban J connectivity index is 2.18. The number of hydrogen-bond donors (Lipinski definition) is 2. The van der Waals surface area contributed by atoms with Gasteiger partial charge in [0.25, 0.3) is 0 Å². The van der Waals surface area contributed by atoms with E-state index in [4.69, 9.17) is 9.47 Å². The van der Waals surface area contributed by atoms with Crippen LogP contribution in [0.15, 0.2) is 0 Å². The molecule has 0 saturated carbocycles. The van der Waals surface area contributed by atoms with Crippen molar-refractivity contribution in [2.24, 2.45) is 0 Å². The molecule has 1 aliphatic rings. The van der Waals surface area contributed by atoms with Crippen molar-refractivity contribution >= 4 is 10.0 Å². The number of sulfonamides is 1. The van der Waals surface area contributed by atoms with Crippen LogP contribution in [-0.2, 0) is 19.5 Å². The smallest absolute Gasteiger partial charge is 0.212 e. The summed E-state index contributed by atoms with van der Waals surface area (Å²) in [5.74, 6) is 0.0917. The van der Waals surface area contributed by atoms with Crippen molar-refractivity contribution in [2.75, 3.05) is 45.2 Å². The maximum atomic E-state index is 11.5. The van der Waals surface area contributed by atoms with E-state index in [1.54, 1.807) is 0 Å². The van der Waals surface area contributed by atoms with Gasteiger partial charge in [-0.2, -0.15) is 0 Å². The first-order chi connectivity index (χ1) is 7.64. The standard InChI is InChI=1S/C9H20N2O4S/c1-2-10-3-6-16(12,13)11-7-9-8-14-4-5-15-9/h9-11H,2-8H2,1H3. The minimum absolute atomic E-state index is 0.0917. The van der Waals surface area contributed by atoms with E-state index in [1.165, 1.54) is 0 Å². The van der Waals surface area contributed by atoms with Crippen LogP contribution in [0.1, 0.15) is 6.92 Å². The van der Waals surface area contributed by atoms with Crippen LogP contribution in [0.5, 0.6) is 0 Å². The molecule has 0 aromatic heterocycles. The van der Waals surface area contributed by atoms with E-state index in [0.29, 0.717) is 26.4 Å². The zero-order valence-electron chi connectivity index (χ0n) is 9.57. The maximum Gasteiger partial charge on any atom is 0.212 e. The Bertz CT molecular complexity index is 275. The largest absolute Gasteiger partial charge is 0.376 e. The van der Waals surface area contributed by atoms with Crippen LogP contribution in [0.25, 0.3) is 0 Å². The average Bonchev–Trinajstić information content (AvgIpc) is 2.28. The van der Waals surface area contributed by atoms with Crippen LogP contribution in [0.4, 0.5) is 0 Å². The fourth-order valence-corrected chi connectivity index (χ4v) is 2.33. The summed E-state index contributed by atoms with van der Waals surface area (Å²) in [5.41, 5.74) is 0. The molecule has 0 bridgehead atoms. The highest BCUT2D eigenvalue weighted by Crippen LogP contribution is 1.99. The Morgan fingerprint density at radius 1 is 1.38 bits per heavy atom. The lowest BCUT2D eigenvalue weighted by Gasteiger charge is -2.23. The molecule has 0 radical (unpaired) electrons. The second-order valence-corrected chi connectivity index (χ2v) is 5.52. The van der Waals surface area contributed by atoms with Gasteiger partial charge in [0.2, 0.25) is 10.0 Å². The fourth-order valence-electron chi connectivity index (χ4n) is 1.33. The molecular formula is C9H20N2O4S. The quantitative estimate of drug-likeness (QED) is 0.564. The Morgan fingerprint density at radius 2 is 2.19 bits per heavy atom. The summed E-state index contributed by atoms with van der Waals surface area (Å²) in [7, 11) is -3.20. The van der Waals surface area contributed by atoms with Crippen molar-refractivity contribution in [3.63, 3.8) is 0 Å². The van der Waals surface area contributed by atoms with Crippen molar-refractivity contribution in [2.45, 2.75) is 13.0 Å². The van der Waals surface area contributed by atoms with Gasteiger partial charge in [-0.3, -0.25) is 0 Å². The molecule has 0 amide bonds. The second kappa shape index (κ2) is 7.18. The van der Waals surface area contributed by atoms with Gasteiger partial charge in [0.1, 0.15) is 0 Å². The Kier molecular flexibility index (Phi) is 6.22. The fraction of sp³-hybridized carbons (Fsp3) is 1.00. The molecule has 0 aliphatic carbocycles. The van der Waals surface area contributed by atoms with Gasteiger partial charge < -0.3 is 14.8 Å². The third kappa shape index (κ3) is 5.76. The first-order valence-corrected chi connectivity index (χ1v) is 7.16. The molecule has 1 saturated heterocycles. The monoisotopic (exact) mass is 252 g/mol. The Labute approximate surface area is 96.7 Å². The summed E-state index contributed by atoms with van der Waals surface area (Å²) in [5, 5.41) is 2.97. The third-order valence-corrected chi connectivity index (χ3v) is 3.56. The minimum Gasteiger partial charge on any atom is -0.376 e. The van der Waals surface area contributed by atoms with Crippen LogP contribution in [0.2, 0.25) is 0 Å². The predicted octanol–water partition coefficient (Wildman–Crippen LogP) is -1.07. The molecule has 0 aromatic carbocycles. The second-order valence-electron chi connectivity index (χ2n) is 3.59. The number of rotatable bonds is 7. The summed E-state index contributed by atoms with van der Waals surface area (Å²) < 4.78 is 36.0. The summed E-state index contributed by atoms with van der Waals surface area (Å²) in [6.45, 7) is 5.04. The van der Waals surface area contributed by atoms with E-state index in [2.05, 4.69) is 10.0 Å². The van der Waals surface area contributed by atoms with E-state index < -0.39 is 10.0 Å². The Hall–Kier alpha value is -0.210. The zero-order valence-corrected chi connectivity index (χ0v) is 10.4. The van der Waals surface area contributed by atoms with Crippen LogP contribution in [0.3, 0.4) is 0 Å². The van der Waals surface area contributed by atoms with Gasteiger partial charge in [-0.1, -0.05) is 6.92 Å². The molecule has 0 aromatic rings. The SMILES string of the molecule is CCNCCS(=O)(=O)NCC1COCCO1. The molecule has 6 nitrogen and oxygen atoms in total. The lowest BCUT2D eigenvalue weighted by molar-refractivity contribution is -0.0846. The lowest BCUT2D eigenvalue weighted by Crippen LogP contribution is -2.41. The first kappa shape index (κ1) is 13.9. The van der Waals surface area contributed by atoms with Gasteiger partial charge in [-0.15, -0.1) is 0 Å². The molecule has 1 heterocycles. The molecule has 7 heteroatoms. The molecule has 1 fully saturated rings. The van der Waals surface area contributed by atoms with E-state index >= 15 is 0 Å². The van der Waals surface area contributed by atoms with Crippen molar-refractivity contribution in [3.05, 3.63) is 0 Å². The summed E-state index contributed by atoms with van der Waals surface area (Å²) in [4.78, 5) is 0. The van der Waals surface area contributed by atoms with Crippen LogP contribution >= 0.6 is 0 Å². The molecule has 1 atom stereocenters. The van der Waals surface area contributed by atoms with Crippen molar-refractivity contribution in [1.82, 2.24) is 10.0 Å². The highest BCUT2D eigenvalue weighted by Gasteiger charge is 2.17. The summed E-state index contributed by atoms with van der Waals surface area (Å²) in [6.07, 6.45) is -0.164. The van der Waals surface area contributed by atoms with E-state index in [1.807, 2.05) is 6.92 Å². The molecule has 2 N–H and O–H groups in total. The highest BCUT2D eigenvalue weighted by molar-refractivity contribution is 7.89. The molecule has 1 rings (SSSR count). The van der Waals surface area contributed by atoms with Gasteiger partial charge in [0.15, 0.2) is 0 Å². The van der Waals surface area contributed by atoms with Gasteiger partial charge in [0, 0.05) is 13.1 Å². The minimum atomic E-state index is -3.20. The van der Waals surface area contributed by atoms with Gasteiger partial charge >= 0.3 is 0 Å². The number of hydrogen-bond acceptors (Lipinski definition) is 5. The summed E-state index contributed by atoms with van der Waals surface area (Å²) >= 11 is 0. The molecule has 1 unspecified atom stereocenters. The molecule has 16 heavy (non-hydrogen) atoms. The number of ether oxygens (including phenoxy) is 2. The Morgan fingerprint density at radius 3 is 2.81 bits per heavy atom. The van der Waals surface area contributed by atoms with E-state index in [-0.39, 0.29) is 18.4 Å². The van der Waals surface area contributed by atoms with Gasteiger partial charge in [-0.05, 0) is 6.54 Å². The van der Waals surface area contributed by atoms with Crippen LogP contribution in [0, 0.1) is 0 Å². The van der Waals surface area contributed by atoms with Crippen molar-refractivity contribution in [1.29, 1.82) is 0 Å². The van der Waals surface area contributed by atoms with Crippen LogP contribution in [-0.4, -0.2) is 59.7 Å². The van der Waals surface area contributed by atoms with Crippen LogP contribution < -0.4 is 10.0 Å². The van der Waals surface area contributed by atoms with Crippen molar-refractivity contribution < 1.29 is 17.9 Å². The highest BCUT2D eigenvalue weighted by atomic mass is 32.2. The number of nitrogens with one attached hydrogen (secondary N) is 2. The van der Waals surface area contributed by atoms with E-state index in [0.717, 1.165) is 6.54 Å². The topological polar surface area (TPSA) is 76.7 Å². The maximum absolute atomic E-state index is 11.5. The third-order valence-electron chi connectivity index (χ3n) is 2.21.